The number of hydrogen-bond donors (Lipinski definition) is 2. The van der Waals surface area contributed by atoms with Gasteiger partial charge in [-0.1, -0.05) is 47.5 Å². The highest BCUT2D eigenvalue weighted by Crippen LogP contribution is 2.22. The van der Waals surface area contributed by atoms with Crippen LogP contribution in [0, 0.1) is 6.92 Å². The van der Waals surface area contributed by atoms with Crippen molar-refractivity contribution < 1.29 is 13.2 Å². The summed E-state index contributed by atoms with van der Waals surface area (Å²) in [5.41, 5.74) is 2.14. The molecular formula is C20H17ClN2O3S. The zero-order valence-electron chi connectivity index (χ0n) is 14.4. The standard InChI is InChI=1S/C20H17ClN2O3S/c1-14-9-11-16(12-10-14)23-27(25,26)17-6-4-5-15(13-17)20(24)22-19-8-3-2-7-18(19)21/h2-13,23H,1H3,(H,22,24). The molecule has 0 aliphatic heterocycles. The number of sulfonamides is 1. The first-order valence-corrected chi connectivity index (χ1v) is 9.97. The molecule has 0 bridgehead atoms. The molecule has 138 valence electrons. The number of amides is 1. The fourth-order valence-corrected chi connectivity index (χ4v) is 3.68. The van der Waals surface area contributed by atoms with Crippen LogP contribution in [0.25, 0.3) is 0 Å². The molecule has 3 rings (SSSR count). The minimum absolute atomic E-state index is 0.00474. The molecular weight excluding hydrogens is 384 g/mol. The Hall–Kier alpha value is -2.83. The molecule has 0 aliphatic carbocycles. The molecule has 0 aromatic heterocycles. The van der Waals surface area contributed by atoms with E-state index in [0.29, 0.717) is 16.4 Å². The highest BCUT2D eigenvalue weighted by molar-refractivity contribution is 7.92. The summed E-state index contributed by atoms with van der Waals surface area (Å²) >= 11 is 6.04. The normalized spacial score (nSPS) is 11.0. The molecule has 0 unspecified atom stereocenters. The fourth-order valence-electron chi connectivity index (χ4n) is 2.40. The average molecular weight is 401 g/mol. The lowest BCUT2D eigenvalue weighted by Crippen LogP contribution is -2.16. The first kappa shape index (κ1) is 18.9. The van der Waals surface area contributed by atoms with Crippen molar-refractivity contribution in [3.05, 3.63) is 88.9 Å². The Morgan fingerprint density at radius 1 is 0.926 bits per heavy atom. The monoisotopic (exact) mass is 400 g/mol. The number of nitrogens with one attached hydrogen (secondary N) is 2. The van der Waals surface area contributed by atoms with Gasteiger partial charge in [0.05, 0.1) is 15.6 Å². The van der Waals surface area contributed by atoms with Gasteiger partial charge < -0.3 is 5.32 Å². The van der Waals surface area contributed by atoms with E-state index < -0.39 is 15.9 Å². The van der Waals surface area contributed by atoms with Crippen molar-refractivity contribution in [2.24, 2.45) is 0 Å². The van der Waals surface area contributed by atoms with Crippen LogP contribution in [-0.2, 0) is 10.0 Å². The molecule has 0 atom stereocenters. The van der Waals surface area contributed by atoms with Gasteiger partial charge >= 0.3 is 0 Å². The Morgan fingerprint density at radius 2 is 1.63 bits per heavy atom. The number of benzene rings is 3. The SMILES string of the molecule is Cc1ccc(NS(=O)(=O)c2cccc(C(=O)Nc3ccccc3Cl)c2)cc1. The zero-order valence-corrected chi connectivity index (χ0v) is 16.0. The van der Waals surface area contributed by atoms with Crippen LogP contribution < -0.4 is 10.0 Å². The first-order chi connectivity index (χ1) is 12.8. The number of carbonyl (C=O) groups excluding carboxylic acids is 1. The van der Waals surface area contributed by atoms with Gasteiger partial charge in [0, 0.05) is 11.3 Å². The summed E-state index contributed by atoms with van der Waals surface area (Å²) in [4.78, 5) is 12.5. The lowest BCUT2D eigenvalue weighted by atomic mass is 10.2. The van der Waals surface area contributed by atoms with Gasteiger partial charge in [0.2, 0.25) is 0 Å². The molecule has 0 aliphatic rings. The number of aryl methyl sites for hydroxylation is 1. The van der Waals surface area contributed by atoms with E-state index in [1.165, 1.54) is 24.3 Å². The third-order valence-corrected chi connectivity index (χ3v) is 5.54. The van der Waals surface area contributed by atoms with Crippen LogP contribution in [-0.4, -0.2) is 14.3 Å². The second kappa shape index (κ2) is 7.82. The van der Waals surface area contributed by atoms with Crippen LogP contribution in [0.5, 0.6) is 0 Å². The fraction of sp³-hybridized carbons (Fsp3) is 0.0500. The Bertz CT molecular complexity index is 1080. The minimum atomic E-state index is -3.82. The summed E-state index contributed by atoms with van der Waals surface area (Å²) in [6.45, 7) is 1.92. The molecule has 3 aromatic carbocycles. The van der Waals surface area contributed by atoms with E-state index in [4.69, 9.17) is 11.6 Å². The number of para-hydroxylation sites is 1. The molecule has 3 aromatic rings. The van der Waals surface area contributed by atoms with Gasteiger partial charge in [0.25, 0.3) is 15.9 Å². The van der Waals surface area contributed by atoms with Crippen LogP contribution in [0.4, 0.5) is 11.4 Å². The van der Waals surface area contributed by atoms with Crippen LogP contribution in [0.2, 0.25) is 5.02 Å². The molecule has 2 N–H and O–H groups in total. The molecule has 5 nitrogen and oxygen atoms in total. The first-order valence-electron chi connectivity index (χ1n) is 8.10. The maximum Gasteiger partial charge on any atom is 0.261 e. The van der Waals surface area contributed by atoms with E-state index in [2.05, 4.69) is 10.0 Å². The maximum atomic E-state index is 12.6. The van der Waals surface area contributed by atoms with E-state index in [-0.39, 0.29) is 10.5 Å². The van der Waals surface area contributed by atoms with Gasteiger partial charge in [-0.2, -0.15) is 0 Å². The maximum absolute atomic E-state index is 12.6. The van der Waals surface area contributed by atoms with E-state index in [1.807, 2.05) is 19.1 Å². The number of anilines is 2. The summed E-state index contributed by atoms with van der Waals surface area (Å²) in [6, 6.07) is 19.6. The molecule has 0 heterocycles. The van der Waals surface area contributed by atoms with Gasteiger partial charge in [-0.05, 0) is 49.4 Å². The minimum Gasteiger partial charge on any atom is -0.321 e. The second-order valence-corrected chi connectivity index (χ2v) is 8.02. The molecule has 0 fully saturated rings. The molecule has 0 spiro atoms. The molecule has 27 heavy (non-hydrogen) atoms. The molecule has 0 saturated carbocycles. The smallest absolute Gasteiger partial charge is 0.261 e. The highest BCUT2D eigenvalue weighted by atomic mass is 35.5. The average Bonchev–Trinajstić information content (AvgIpc) is 2.65. The van der Waals surface area contributed by atoms with E-state index in [9.17, 15) is 13.2 Å². The van der Waals surface area contributed by atoms with Crippen LogP contribution in [0.3, 0.4) is 0 Å². The predicted octanol–water partition coefficient (Wildman–Crippen LogP) is 4.70. The van der Waals surface area contributed by atoms with Crippen molar-refractivity contribution in [1.82, 2.24) is 0 Å². The van der Waals surface area contributed by atoms with Crippen LogP contribution >= 0.6 is 11.6 Å². The number of rotatable bonds is 5. The lowest BCUT2D eigenvalue weighted by molar-refractivity contribution is 0.102. The molecule has 0 radical (unpaired) electrons. The van der Waals surface area contributed by atoms with Gasteiger partial charge in [0.15, 0.2) is 0 Å². The predicted molar refractivity (Wildman–Crippen MR) is 108 cm³/mol. The van der Waals surface area contributed by atoms with Crippen molar-refractivity contribution in [1.29, 1.82) is 0 Å². The van der Waals surface area contributed by atoms with Crippen molar-refractivity contribution >= 4 is 38.9 Å². The van der Waals surface area contributed by atoms with Crippen LogP contribution in [0.15, 0.2) is 77.7 Å². The molecule has 1 amide bonds. The molecule has 0 saturated heterocycles. The quantitative estimate of drug-likeness (QED) is 0.651. The third-order valence-electron chi connectivity index (χ3n) is 3.83. The Kier molecular flexibility index (Phi) is 5.48. The van der Waals surface area contributed by atoms with Crippen molar-refractivity contribution in [3.63, 3.8) is 0 Å². The largest absolute Gasteiger partial charge is 0.321 e. The van der Waals surface area contributed by atoms with Crippen LogP contribution in [0.1, 0.15) is 15.9 Å². The highest BCUT2D eigenvalue weighted by Gasteiger charge is 2.17. The Balaban J connectivity index is 1.83. The van der Waals surface area contributed by atoms with E-state index in [0.717, 1.165) is 5.56 Å². The number of hydrogen-bond acceptors (Lipinski definition) is 3. The third kappa shape index (κ3) is 4.67. The zero-order chi connectivity index (χ0) is 19.4. The summed E-state index contributed by atoms with van der Waals surface area (Å²) in [7, 11) is -3.82. The van der Waals surface area contributed by atoms with Gasteiger partial charge in [-0.15, -0.1) is 0 Å². The van der Waals surface area contributed by atoms with Gasteiger partial charge in [-0.25, -0.2) is 8.42 Å². The summed E-state index contributed by atoms with van der Waals surface area (Å²) in [5, 5.41) is 3.07. The van der Waals surface area contributed by atoms with Gasteiger partial charge in [-0.3, -0.25) is 9.52 Å². The van der Waals surface area contributed by atoms with Gasteiger partial charge in [0.1, 0.15) is 0 Å². The van der Waals surface area contributed by atoms with Crippen molar-refractivity contribution in [2.75, 3.05) is 10.0 Å². The summed E-state index contributed by atoms with van der Waals surface area (Å²) in [5.74, 6) is -0.449. The van der Waals surface area contributed by atoms with E-state index >= 15 is 0 Å². The summed E-state index contributed by atoms with van der Waals surface area (Å²) in [6.07, 6.45) is 0. The number of halogens is 1. The molecule has 7 heteroatoms. The number of carbonyl (C=O) groups is 1. The van der Waals surface area contributed by atoms with Crippen molar-refractivity contribution in [3.8, 4) is 0 Å². The Morgan fingerprint density at radius 3 is 2.33 bits per heavy atom. The Labute approximate surface area is 163 Å². The topological polar surface area (TPSA) is 75.3 Å². The van der Waals surface area contributed by atoms with E-state index in [1.54, 1.807) is 36.4 Å². The second-order valence-electron chi connectivity index (χ2n) is 5.93. The lowest BCUT2D eigenvalue weighted by Gasteiger charge is -2.10. The van der Waals surface area contributed by atoms with Crippen molar-refractivity contribution in [2.45, 2.75) is 11.8 Å². The summed E-state index contributed by atoms with van der Waals surface area (Å²) < 4.78 is 27.7.